The Morgan fingerprint density at radius 2 is 1.85 bits per heavy atom. The van der Waals surface area contributed by atoms with Crippen LogP contribution in [0.2, 0.25) is 0 Å². The van der Waals surface area contributed by atoms with Gasteiger partial charge in [-0.2, -0.15) is 12.7 Å². The van der Waals surface area contributed by atoms with Crippen LogP contribution in [0.3, 0.4) is 0 Å². The topological polar surface area (TPSA) is 58.6 Å². The van der Waals surface area contributed by atoms with Gasteiger partial charge in [-0.1, -0.05) is 0 Å². The fourth-order valence-electron chi connectivity index (χ4n) is 1.90. The molecule has 0 aliphatic carbocycles. The number of nitrogens with one attached hydrogen (secondary N) is 1. The van der Waals surface area contributed by atoms with Gasteiger partial charge in [0.2, 0.25) is 0 Å². The van der Waals surface area contributed by atoms with E-state index in [0.717, 1.165) is 12.8 Å². The summed E-state index contributed by atoms with van der Waals surface area (Å²) in [4.78, 5) is 0. The van der Waals surface area contributed by atoms with Gasteiger partial charge in [-0.05, 0) is 12.8 Å². The van der Waals surface area contributed by atoms with E-state index in [4.69, 9.17) is 4.74 Å². The second-order valence-electron chi connectivity index (χ2n) is 3.48. The van der Waals surface area contributed by atoms with Gasteiger partial charge < -0.3 is 4.74 Å². The van der Waals surface area contributed by atoms with Crippen LogP contribution in [0, 0.1) is 0 Å². The standard InChI is InChI=1S/C7H14N2O3S/c1-8-13(10,11)9-4-6-2-3-7(5-9)12-6/h6-8H,2-5H2,1H3. The summed E-state index contributed by atoms with van der Waals surface area (Å²) in [5.74, 6) is 0. The number of hydrogen-bond acceptors (Lipinski definition) is 3. The van der Waals surface area contributed by atoms with Crippen molar-refractivity contribution in [3.63, 3.8) is 0 Å². The predicted molar refractivity (Wildman–Crippen MR) is 47.4 cm³/mol. The third-order valence-corrected chi connectivity index (χ3v) is 4.10. The van der Waals surface area contributed by atoms with Gasteiger partial charge in [-0.15, -0.1) is 0 Å². The Bertz CT molecular complexity index is 278. The largest absolute Gasteiger partial charge is 0.372 e. The lowest BCUT2D eigenvalue weighted by molar-refractivity contribution is -0.0117. The molecule has 2 fully saturated rings. The number of morpholine rings is 1. The lowest BCUT2D eigenvalue weighted by Crippen LogP contribution is -2.49. The van der Waals surface area contributed by atoms with E-state index in [1.807, 2.05) is 0 Å². The fraction of sp³-hybridized carbons (Fsp3) is 1.00. The minimum atomic E-state index is -3.24. The van der Waals surface area contributed by atoms with E-state index in [-0.39, 0.29) is 12.2 Å². The molecule has 1 N–H and O–H groups in total. The predicted octanol–water partition coefficient (Wildman–Crippen LogP) is -0.686. The molecule has 2 unspecified atom stereocenters. The van der Waals surface area contributed by atoms with Gasteiger partial charge in [0.05, 0.1) is 12.2 Å². The highest BCUT2D eigenvalue weighted by molar-refractivity contribution is 7.87. The molecule has 13 heavy (non-hydrogen) atoms. The molecule has 0 aromatic carbocycles. The van der Waals surface area contributed by atoms with Gasteiger partial charge in [0.25, 0.3) is 10.2 Å². The van der Waals surface area contributed by atoms with Crippen LogP contribution in [0.4, 0.5) is 0 Å². The highest BCUT2D eigenvalue weighted by Crippen LogP contribution is 2.27. The Labute approximate surface area is 78.2 Å². The first kappa shape index (κ1) is 9.39. The van der Waals surface area contributed by atoms with Crippen LogP contribution >= 0.6 is 0 Å². The highest BCUT2D eigenvalue weighted by Gasteiger charge is 2.38. The Balaban J connectivity index is 2.11. The quantitative estimate of drug-likeness (QED) is 0.651. The van der Waals surface area contributed by atoms with Crippen molar-refractivity contribution in [3.8, 4) is 0 Å². The molecule has 2 bridgehead atoms. The molecular formula is C7H14N2O3S. The molecule has 76 valence electrons. The van der Waals surface area contributed by atoms with Crippen molar-refractivity contribution in [1.82, 2.24) is 9.03 Å². The summed E-state index contributed by atoms with van der Waals surface area (Å²) in [5, 5.41) is 0. The summed E-state index contributed by atoms with van der Waals surface area (Å²) in [6, 6.07) is 0. The van der Waals surface area contributed by atoms with Crippen LogP contribution in [0.5, 0.6) is 0 Å². The van der Waals surface area contributed by atoms with Crippen LogP contribution in [0.15, 0.2) is 0 Å². The van der Waals surface area contributed by atoms with Crippen LogP contribution in [-0.4, -0.2) is 45.1 Å². The van der Waals surface area contributed by atoms with Crippen molar-refractivity contribution in [2.24, 2.45) is 0 Å². The van der Waals surface area contributed by atoms with Gasteiger partial charge in [0, 0.05) is 20.1 Å². The van der Waals surface area contributed by atoms with Crippen molar-refractivity contribution >= 4 is 10.2 Å². The summed E-state index contributed by atoms with van der Waals surface area (Å²) < 4.78 is 32.2. The summed E-state index contributed by atoms with van der Waals surface area (Å²) in [5.41, 5.74) is 0. The number of ether oxygens (including phenoxy) is 1. The van der Waals surface area contributed by atoms with Crippen molar-refractivity contribution < 1.29 is 13.2 Å². The van der Waals surface area contributed by atoms with E-state index in [2.05, 4.69) is 4.72 Å². The Morgan fingerprint density at radius 1 is 1.31 bits per heavy atom. The minimum Gasteiger partial charge on any atom is -0.372 e. The maximum Gasteiger partial charge on any atom is 0.279 e. The van der Waals surface area contributed by atoms with Gasteiger partial charge >= 0.3 is 0 Å². The van der Waals surface area contributed by atoms with E-state index in [9.17, 15) is 8.42 Å². The van der Waals surface area contributed by atoms with E-state index in [1.165, 1.54) is 11.4 Å². The molecule has 0 spiro atoms. The van der Waals surface area contributed by atoms with E-state index >= 15 is 0 Å². The van der Waals surface area contributed by atoms with Crippen LogP contribution in [-0.2, 0) is 14.9 Å². The number of hydrogen-bond donors (Lipinski definition) is 1. The van der Waals surface area contributed by atoms with E-state index < -0.39 is 10.2 Å². The molecule has 5 nitrogen and oxygen atoms in total. The smallest absolute Gasteiger partial charge is 0.279 e. The van der Waals surface area contributed by atoms with Crippen molar-refractivity contribution in [2.75, 3.05) is 20.1 Å². The molecule has 2 saturated heterocycles. The first-order valence-corrected chi connectivity index (χ1v) is 5.90. The maximum atomic E-state index is 11.4. The third-order valence-electron chi connectivity index (χ3n) is 2.61. The fourth-order valence-corrected chi connectivity index (χ4v) is 2.89. The van der Waals surface area contributed by atoms with Gasteiger partial charge in [0.15, 0.2) is 0 Å². The molecule has 0 aromatic rings. The molecule has 2 aliphatic heterocycles. The average molecular weight is 206 g/mol. The molecule has 0 amide bonds. The summed E-state index contributed by atoms with van der Waals surface area (Å²) >= 11 is 0. The van der Waals surface area contributed by atoms with Crippen LogP contribution < -0.4 is 4.72 Å². The zero-order valence-corrected chi connectivity index (χ0v) is 8.38. The Morgan fingerprint density at radius 3 is 2.31 bits per heavy atom. The van der Waals surface area contributed by atoms with Gasteiger partial charge in [0.1, 0.15) is 0 Å². The Kier molecular flexibility index (Phi) is 2.31. The number of rotatable bonds is 2. The Hall–Kier alpha value is -0.170. The van der Waals surface area contributed by atoms with Gasteiger partial charge in [-0.3, -0.25) is 0 Å². The molecule has 2 heterocycles. The zero-order chi connectivity index (χ0) is 9.47. The van der Waals surface area contributed by atoms with Crippen molar-refractivity contribution in [1.29, 1.82) is 0 Å². The molecular weight excluding hydrogens is 192 g/mol. The van der Waals surface area contributed by atoms with E-state index in [0.29, 0.717) is 13.1 Å². The number of fused-ring (bicyclic) bond motifs is 2. The minimum absolute atomic E-state index is 0.113. The molecule has 2 aliphatic rings. The van der Waals surface area contributed by atoms with Crippen molar-refractivity contribution in [2.45, 2.75) is 25.0 Å². The zero-order valence-electron chi connectivity index (χ0n) is 7.56. The molecule has 2 rings (SSSR count). The second kappa shape index (κ2) is 3.20. The summed E-state index contributed by atoms with van der Waals surface area (Å²) in [7, 11) is -1.81. The summed E-state index contributed by atoms with van der Waals surface area (Å²) in [6.45, 7) is 0.999. The third kappa shape index (κ3) is 1.71. The molecule has 0 saturated carbocycles. The summed E-state index contributed by atoms with van der Waals surface area (Å²) in [6.07, 6.45) is 2.20. The first-order valence-electron chi connectivity index (χ1n) is 4.46. The van der Waals surface area contributed by atoms with Gasteiger partial charge in [-0.25, -0.2) is 4.72 Å². The SMILES string of the molecule is CNS(=O)(=O)N1CC2CCC(C1)O2. The molecule has 6 heteroatoms. The lowest BCUT2D eigenvalue weighted by Gasteiger charge is -2.30. The monoisotopic (exact) mass is 206 g/mol. The average Bonchev–Trinajstić information content (AvgIpc) is 2.45. The molecule has 2 atom stereocenters. The van der Waals surface area contributed by atoms with E-state index in [1.54, 1.807) is 0 Å². The first-order chi connectivity index (χ1) is 6.12. The second-order valence-corrected chi connectivity index (χ2v) is 5.36. The number of nitrogens with zero attached hydrogens (tertiary/aromatic N) is 1. The molecule has 0 aromatic heterocycles. The molecule has 0 radical (unpaired) electrons. The normalized spacial score (nSPS) is 35.2. The van der Waals surface area contributed by atoms with Crippen molar-refractivity contribution in [3.05, 3.63) is 0 Å². The van der Waals surface area contributed by atoms with Crippen LogP contribution in [0.1, 0.15) is 12.8 Å². The van der Waals surface area contributed by atoms with Crippen LogP contribution in [0.25, 0.3) is 0 Å². The maximum absolute atomic E-state index is 11.4. The highest BCUT2D eigenvalue weighted by atomic mass is 32.2. The lowest BCUT2D eigenvalue weighted by atomic mass is 10.2.